The molecule has 0 fully saturated rings. The largest absolute Gasteiger partial charge is 0.325 e. The number of amides is 1. The molecule has 1 amide bonds. The van der Waals surface area contributed by atoms with Crippen LogP contribution < -0.4 is 10.9 Å². The fourth-order valence-corrected chi connectivity index (χ4v) is 4.84. The summed E-state index contributed by atoms with van der Waals surface area (Å²) in [5.41, 5.74) is 1.74. The summed E-state index contributed by atoms with van der Waals surface area (Å²) < 4.78 is 0. The standard InChI is InChI=1S/C21H25N3O2S2/c1-5-12(2)11-16-13(3)27-20-17(16)19(26)23-21(24-20)28-14(4)18(25)22-15-9-7-6-8-10-15/h6-10,12,14H,5,11H2,1-4H3,(H,22,25)(H,23,24,26)/t12-,14-/m0/s1. The number of nitrogens with zero attached hydrogens (tertiary/aromatic N) is 1. The quantitative estimate of drug-likeness (QED) is 0.421. The van der Waals surface area contributed by atoms with Gasteiger partial charge in [-0.2, -0.15) is 0 Å². The average molecular weight is 416 g/mol. The molecule has 148 valence electrons. The van der Waals surface area contributed by atoms with E-state index in [1.54, 1.807) is 18.3 Å². The van der Waals surface area contributed by atoms with Gasteiger partial charge in [0.15, 0.2) is 5.16 Å². The number of carbonyl (C=O) groups is 1. The number of thiophene rings is 1. The Morgan fingerprint density at radius 2 is 2.00 bits per heavy atom. The molecule has 28 heavy (non-hydrogen) atoms. The molecular formula is C21H25N3O2S2. The number of thioether (sulfide) groups is 1. The second-order valence-corrected chi connectivity index (χ2v) is 9.55. The van der Waals surface area contributed by atoms with Gasteiger partial charge in [0.1, 0.15) is 4.83 Å². The molecule has 2 heterocycles. The monoisotopic (exact) mass is 415 g/mol. The van der Waals surface area contributed by atoms with Crippen molar-refractivity contribution in [3.8, 4) is 0 Å². The van der Waals surface area contributed by atoms with Crippen molar-refractivity contribution < 1.29 is 4.79 Å². The summed E-state index contributed by atoms with van der Waals surface area (Å²) in [6.45, 7) is 8.21. The topological polar surface area (TPSA) is 74.8 Å². The van der Waals surface area contributed by atoms with E-state index in [0.717, 1.165) is 33.8 Å². The van der Waals surface area contributed by atoms with Crippen LogP contribution in [0.1, 0.15) is 37.6 Å². The summed E-state index contributed by atoms with van der Waals surface area (Å²) in [4.78, 5) is 34.6. The molecule has 0 spiro atoms. The fourth-order valence-electron chi connectivity index (χ4n) is 2.94. The number of benzene rings is 1. The number of hydrogen-bond donors (Lipinski definition) is 2. The Morgan fingerprint density at radius 1 is 1.29 bits per heavy atom. The summed E-state index contributed by atoms with van der Waals surface area (Å²) >= 11 is 2.81. The number of fused-ring (bicyclic) bond motifs is 1. The zero-order chi connectivity index (χ0) is 20.3. The van der Waals surface area contributed by atoms with E-state index in [9.17, 15) is 9.59 Å². The van der Waals surface area contributed by atoms with Gasteiger partial charge < -0.3 is 10.3 Å². The molecule has 0 aliphatic carbocycles. The number of anilines is 1. The SMILES string of the molecule is CC[C@H](C)Cc1c(C)sc2nc(S[C@@H](C)C(=O)Nc3ccccc3)[nH]c(=O)c12. The molecule has 3 rings (SSSR count). The van der Waals surface area contributed by atoms with Crippen LogP contribution >= 0.6 is 23.1 Å². The highest BCUT2D eigenvalue weighted by Gasteiger charge is 2.20. The van der Waals surface area contributed by atoms with Crippen LogP contribution in [0.2, 0.25) is 0 Å². The molecule has 1 aromatic carbocycles. The van der Waals surface area contributed by atoms with E-state index in [2.05, 4.69) is 29.1 Å². The number of aryl methyl sites for hydroxylation is 1. The normalized spacial score (nSPS) is 13.4. The predicted molar refractivity (Wildman–Crippen MR) is 119 cm³/mol. The molecule has 0 radical (unpaired) electrons. The first-order chi connectivity index (χ1) is 13.4. The van der Waals surface area contributed by atoms with Crippen molar-refractivity contribution in [2.45, 2.75) is 50.9 Å². The molecule has 7 heteroatoms. The number of para-hydroxylation sites is 1. The summed E-state index contributed by atoms with van der Waals surface area (Å²) in [6.07, 6.45) is 1.96. The Bertz CT molecular complexity index is 1030. The van der Waals surface area contributed by atoms with Gasteiger partial charge in [0.05, 0.1) is 10.6 Å². The van der Waals surface area contributed by atoms with E-state index in [-0.39, 0.29) is 16.7 Å². The highest BCUT2D eigenvalue weighted by molar-refractivity contribution is 8.00. The minimum atomic E-state index is -0.388. The number of carbonyl (C=O) groups excluding carboxylic acids is 1. The molecule has 0 aliphatic heterocycles. The maximum absolute atomic E-state index is 12.7. The number of aromatic amines is 1. The lowest BCUT2D eigenvalue weighted by Crippen LogP contribution is -2.23. The van der Waals surface area contributed by atoms with Crippen molar-refractivity contribution in [3.05, 3.63) is 51.1 Å². The van der Waals surface area contributed by atoms with Gasteiger partial charge in [-0.05, 0) is 43.9 Å². The van der Waals surface area contributed by atoms with Crippen LogP contribution in [0.15, 0.2) is 40.3 Å². The summed E-state index contributed by atoms with van der Waals surface area (Å²) in [6, 6.07) is 9.33. The molecule has 0 saturated carbocycles. The molecule has 0 saturated heterocycles. The van der Waals surface area contributed by atoms with Crippen molar-refractivity contribution in [1.29, 1.82) is 0 Å². The van der Waals surface area contributed by atoms with Crippen molar-refractivity contribution >= 4 is 44.9 Å². The maximum Gasteiger partial charge on any atom is 0.260 e. The molecule has 0 aliphatic rings. The van der Waals surface area contributed by atoms with Gasteiger partial charge in [-0.25, -0.2) is 4.98 Å². The summed E-state index contributed by atoms with van der Waals surface area (Å²) in [5, 5.41) is 3.67. The molecule has 2 aromatic heterocycles. The maximum atomic E-state index is 12.7. The molecule has 0 bridgehead atoms. The Hall–Kier alpha value is -2.12. The third-order valence-electron chi connectivity index (χ3n) is 4.79. The second kappa shape index (κ2) is 8.92. The van der Waals surface area contributed by atoms with Crippen LogP contribution in [0.3, 0.4) is 0 Å². The van der Waals surface area contributed by atoms with Crippen molar-refractivity contribution in [2.75, 3.05) is 5.32 Å². The fraction of sp³-hybridized carbons (Fsp3) is 0.381. The zero-order valence-corrected chi connectivity index (χ0v) is 18.2. The van der Waals surface area contributed by atoms with Gasteiger partial charge in [0, 0.05) is 10.6 Å². The minimum absolute atomic E-state index is 0.120. The zero-order valence-electron chi connectivity index (χ0n) is 16.5. The van der Waals surface area contributed by atoms with Crippen LogP contribution in [0.4, 0.5) is 5.69 Å². The lowest BCUT2D eigenvalue weighted by Gasteiger charge is -2.11. The number of hydrogen-bond acceptors (Lipinski definition) is 5. The molecule has 5 nitrogen and oxygen atoms in total. The number of rotatable bonds is 7. The van der Waals surface area contributed by atoms with Gasteiger partial charge in [0.25, 0.3) is 5.56 Å². The first-order valence-electron chi connectivity index (χ1n) is 9.43. The van der Waals surface area contributed by atoms with E-state index in [1.165, 1.54) is 11.8 Å². The highest BCUT2D eigenvalue weighted by Crippen LogP contribution is 2.31. The van der Waals surface area contributed by atoms with Gasteiger partial charge in [-0.1, -0.05) is 50.2 Å². The van der Waals surface area contributed by atoms with E-state index >= 15 is 0 Å². The third-order valence-corrected chi connectivity index (χ3v) is 6.82. The average Bonchev–Trinajstić information content (AvgIpc) is 2.97. The second-order valence-electron chi connectivity index (χ2n) is 7.02. The Balaban J connectivity index is 1.80. The van der Waals surface area contributed by atoms with Gasteiger partial charge in [-0.15, -0.1) is 11.3 Å². The van der Waals surface area contributed by atoms with Gasteiger partial charge in [-0.3, -0.25) is 9.59 Å². The Kier molecular flexibility index (Phi) is 6.57. The molecule has 2 atom stereocenters. The van der Waals surface area contributed by atoms with Gasteiger partial charge >= 0.3 is 0 Å². The molecule has 2 N–H and O–H groups in total. The number of H-pyrrole nitrogens is 1. The van der Waals surface area contributed by atoms with E-state index in [0.29, 0.717) is 16.5 Å². The summed E-state index contributed by atoms with van der Waals surface area (Å²) in [7, 11) is 0. The van der Waals surface area contributed by atoms with Crippen LogP contribution in [-0.4, -0.2) is 21.1 Å². The van der Waals surface area contributed by atoms with Crippen LogP contribution in [0.25, 0.3) is 10.2 Å². The Morgan fingerprint density at radius 3 is 2.68 bits per heavy atom. The predicted octanol–water partition coefficient (Wildman–Crippen LogP) is 5.00. The van der Waals surface area contributed by atoms with Crippen LogP contribution in [0, 0.1) is 12.8 Å². The lowest BCUT2D eigenvalue weighted by molar-refractivity contribution is -0.115. The Labute approximate surface area is 173 Å². The number of nitrogens with one attached hydrogen (secondary N) is 2. The van der Waals surface area contributed by atoms with Crippen molar-refractivity contribution in [3.63, 3.8) is 0 Å². The van der Waals surface area contributed by atoms with E-state index in [4.69, 9.17) is 0 Å². The third kappa shape index (κ3) is 4.64. The van der Waals surface area contributed by atoms with E-state index in [1.807, 2.05) is 37.3 Å². The molecular weight excluding hydrogens is 390 g/mol. The van der Waals surface area contributed by atoms with Crippen LogP contribution in [-0.2, 0) is 11.2 Å². The van der Waals surface area contributed by atoms with E-state index < -0.39 is 0 Å². The highest BCUT2D eigenvalue weighted by atomic mass is 32.2. The van der Waals surface area contributed by atoms with Gasteiger partial charge in [0.2, 0.25) is 5.91 Å². The number of aromatic nitrogens is 2. The molecule has 3 aromatic rings. The lowest BCUT2D eigenvalue weighted by atomic mass is 9.98. The van der Waals surface area contributed by atoms with Crippen molar-refractivity contribution in [2.24, 2.45) is 5.92 Å². The smallest absolute Gasteiger partial charge is 0.260 e. The minimum Gasteiger partial charge on any atom is -0.325 e. The van der Waals surface area contributed by atoms with Crippen LogP contribution in [0.5, 0.6) is 0 Å². The van der Waals surface area contributed by atoms with Crippen molar-refractivity contribution in [1.82, 2.24) is 9.97 Å². The first-order valence-corrected chi connectivity index (χ1v) is 11.1. The molecule has 0 unspecified atom stereocenters. The summed E-state index contributed by atoms with van der Waals surface area (Å²) in [5.74, 6) is 0.394. The first kappa shape index (κ1) is 20.6.